The third-order valence-electron chi connectivity index (χ3n) is 2.74. The monoisotopic (exact) mass is 200 g/mol. The van der Waals surface area contributed by atoms with Crippen LogP contribution in [0.3, 0.4) is 0 Å². The number of likely N-dealkylation sites (tertiary alicyclic amines) is 1. The summed E-state index contributed by atoms with van der Waals surface area (Å²) >= 11 is 0. The summed E-state index contributed by atoms with van der Waals surface area (Å²) in [7, 11) is 0. The van der Waals surface area contributed by atoms with Gasteiger partial charge in [-0.05, 0) is 12.8 Å². The first-order valence-electron chi connectivity index (χ1n) is 5.15. The molecule has 1 saturated heterocycles. The van der Waals surface area contributed by atoms with Crippen LogP contribution in [-0.2, 0) is 0 Å². The van der Waals surface area contributed by atoms with Crippen molar-refractivity contribution in [1.29, 1.82) is 5.41 Å². The molecule has 82 valence electrons. The molecule has 1 atom stereocenters. The molecule has 0 radical (unpaired) electrons. The molecule has 1 aliphatic rings. The van der Waals surface area contributed by atoms with Gasteiger partial charge in [0.25, 0.3) is 0 Å². The lowest BCUT2D eigenvalue weighted by Gasteiger charge is -2.40. The standard InChI is InChI=1S/C10H20N2O2/c1-8(2)9(11)12-5-3-4-10(14,6-12)7-13/h8,11,13-14H,3-7H2,1-2H3. The van der Waals surface area contributed by atoms with Gasteiger partial charge in [0.15, 0.2) is 0 Å². The number of aliphatic hydroxyl groups is 2. The summed E-state index contributed by atoms with van der Waals surface area (Å²) in [5.74, 6) is 0.729. The highest BCUT2D eigenvalue weighted by Gasteiger charge is 2.33. The van der Waals surface area contributed by atoms with Gasteiger partial charge in [-0.25, -0.2) is 0 Å². The van der Waals surface area contributed by atoms with Crippen LogP contribution < -0.4 is 0 Å². The van der Waals surface area contributed by atoms with Crippen LogP contribution in [0.5, 0.6) is 0 Å². The SMILES string of the molecule is CC(C)C(=N)N1CCCC(O)(CO)C1. The van der Waals surface area contributed by atoms with Crippen molar-refractivity contribution in [2.75, 3.05) is 19.7 Å². The number of piperidine rings is 1. The van der Waals surface area contributed by atoms with Gasteiger partial charge in [-0.2, -0.15) is 0 Å². The van der Waals surface area contributed by atoms with Gasteiger partial charge in [0.2, 0.25) is 0 Å². The van der Waals surface area contributed by atoms with Crippen molar-refractivity contribution in [3.8, 4) is 0 Å². The number of aliphatic hydroxyl groups excluding tert-OH is 1. The van der Waals surface area contributed by atoms with Crippen molar-refractivity contribution in [3.63, 3.8) is 0 Å². The van der Waals surface area contributed by atoms with E-state index in [1.54, 1.807) is 0 Å². The van der Waals surface area contributed by atoms with Crippen LogP contribution in [-0.4, -0.2) is 46.2 Å². The summed E-state index contributed by atoms with van der Waals surface area (Å²) in [6, 6.07) is 0. The molecule has 1 heterocycles. The van der Waals surface area contributed by atoms with E-state index in [1.165, 1.54) is 0 Å². The van der Waals surface area contributed by atoms with Gasteiger partial charge in [-0.1, -0.05) is 13.8 Å². The maximum absolute atomic E-state index is 9.89. The molecule has 14 heavy (non-hydrogen) atoms. The van der Waals surface area contributed by atoms with E-state index in [2.05, 4.69) is 0 Å². The highest BCUT2D eigenvalue weighted by atomic mass is 16.3. The van der Waals surface area contributed by atoms with Crippen LogP contribution >= 0.6 is 0 Å². The smallest absolute Gasteiger partial charge is 0.105 e. The number of hydrogen-bond donors (Lipinski definition) is 3. The number of nitrogens with one attached hydrogen (secondary N) is 1. The largest absolute Gasteiger partial charge is 0.393 e. The first kappa shape index (κ1) is 11.5. The highest BCUT2D eigenvalue weighted by molar-refractivity contribution is 5.81. The molecule has 0 saturated carbocycles. The number of nitrogens with zero attached hydrogens (tertiary/aromatic N) is 1. The zero-order valence-electron chi connectivity index (χ0n) is 8.95. The fraction of sp³-hybridized carbons (Fsp3) is 0.900. The first-order chi connectivity index (χ1) is 6.48. The molecule has 4 nitrogen and oxygen atoms in total. The van der Waals surface area contributed by atoms with E-state index >= 15 is 0 Å². The highest BCUT2D eigenvalue weighted by Crippen LogP contribution is 2.21. The Balaban J connectivity index is 2.60. The lowest BCUT2D eigenvalue weighted by atomic mass is 9.93. The maximum Gasteiger partial charge on any atom is 0.105 e. The second-order valence-corrected chi connectivity index (χ2v) is 4.45. The van der Waals surface area contributed by atoms with Gasteiger partial charge in [0.1, 0.15) is 5.60 Å². The van der Waals surface area contributed by atoms with E-state index < -0.39 is 5.60 Å². The minimum atomic E-state index is -1.00. The van der Waals surface area contributed by atoms with Crippen LogP contribution in [0.25, 0.3) is 0 Å². The molecule has 0 aromatic carbocycles. The molecule has 1 fully saturated rings. The van der Waals surface area contributed by atoms with Crippen molar-refractivity contribution in [1.82, 2.24) is 4.90 Å². The summed E-state index contributed by atoms with van der Waals surface area (Å²) in [4.78, 5) is 1.87. The van der Waals surface area contributed by atoms with E-state index in [-0.39, 0.29) is 12.5 Å². The normalized spacial score (nSPS) is 28.2. The predicted molar refractivity (Wildman–Crippen MR) is 55.4 cm³/mol. The molecule has 4 heteroatoms. The van der Waals surface area contributed by atoms with Crippen molar-refractivity contribution < 1.29 is 10.2 Å². The lowest BCUT2D eigenvalue weighted by molar-refractivity contribution is -0.0532. The van der Waals surface area contributed by atoms with Crippen molar-refractivity contribution in [2.24, 2.45) is 5.92 Å². The molecule has 0 amide bonds. The molecule has 0 aliphatic carbocycles. The number of β-amino-alcohol motifs (C(OH)–C–C–N with tert-alkyl or cyclic N) is 1. The van der Waals surface area contributed by atoms with Crippen LogP contribution in [0.1, 0.15) is 26.7 Å². The average Bonchev–Trinajstić information content (AvgIpc) is 2.16. The first-order valence-corrected chi connectivity index (χ1v) is 5.15. The van der Waals surface area contributed by atoms with Gasteiger partial charge in [-0.3, -0.25) is 5.41 Å². The molecular formula is C10H20N2O2. The fourth-order valence-electron chi connectivity index (χ4n) is 1.81. The fourth-order valence-corrected chi connectivity index (χ4v) is 1.81. The Kier molecular flexibility index (Phi) is 3.50. The minimum absolute atomic E-state index is 0.177. The van der Waals surface area contributed by atoms with Gasteiger partial charge < -0.3 is 15.1 Å². The Morgan fingerprint density at radius 2 is 2.21 bits per heavy atom. The topological polar surface area (TPSA) is 67.6 Å². The predicted octanol–water partition coefficient (Wildman–Crippen LogP) is 0.439. The molecule has 1 unspecified atom stereocenters. The summed E-state index contributed by atoms with van der Waals surface area (Å²) in [5.41, 5.74) is -1.00. The lowest BCUT2D eigenvalue weighted by Crippen LogP contribution is -2.53. The number of amidine groups is 1. The Bertz CT molecular complexity index is 218. The summed E-state index contributed by atoms with van der Waals surface area (Å²) in [6.45, 7) is 4.93. The van der Waals surface area contributed by atoms with Crippen LogP contribution in [0.15, 0.2) is 0 Å². The van der Waals surface area contributed by atoms with Gasteiger partial charge in [-0.15, -0.1) is 0 Å². The molecule has 0 aromatic heterocycles. The van der Waals surface area contributed by atoms with Crippen LogP contribution in [0, 0.1) is 11.3 Å². The van der Waals surface area contributed by atoms with Crippen molar-refractivity contribution in [2.45, 2.75) is 32.3 Å². The molecule has 3 N–H and O–H groups in total. The molecule has 1 rings (SSSR count). The van der Waals surface area contributed by atoms with Crippen LogP contribution in [0.2, 0.25) is 0 Å². The molecule has 0 bridgehead atoms. The minimum Gasteiger partial charge on any atom is -0.393 e. The van der Waals surface area contributed by atoms with Gasteiger partial charge >= 0.3 is 0 Å². The Labute approximate surface area is 85.1 Å². The Morgan fingerprint density at radius 3 is 2.71 bits per heavy atom. The van der Waals surface area contributed by atoms with Gasteiger partial charge in [0, 0.05) is 12.5 Å². The summed E-state index contributed by atoms with van der Waals surface area (Å²) in [6.07, 6.45) is 1.47. The number of rotatable bonds is 2. The second-order valence-electron chi connectivity index (χ2n) is 4.45. The average molecular weight is 200 g/mol. The molecule has 0 spiro atoms. The quantitative estimate of drug-likeness (QED) is 0.447. The Hall–Kier alpha value is -0.610. The van der Waals surface area contributed by atoms with E-state index in [0.29, 0.717) is 18.8 Å². The van der Waals surface area contributed by atoms with E-state index in [1.807, 2.05) is 18.7 Å². The van der Waals surface area contributed by atoms with Gasteiger partial charge in [0.05, 0.1) is 19.0 Å². The molecular weight excluding hydrogens is 180 g/mol. The second kappa shape index (κ2) is 4.28. The maximum atomic E-state index is 9.89. The number of hydrogen-bond acceptors (Lipinski definition) is 3. The third-order valence-corrected chi connectivity index (χ3v) is 2.74. The molecule has 0 aromatic rings. The zero-order chi connectivity index (χ0) is 10.8. The third kappa shape index (κ3) is 2.45. The van der Waals surface area contributed by atoms with E-state index in [0.717, 1.165) is 13.0 Å². The van der Waals surface area contributed by atoms with Crippen molar-refractivity contribution in [3.05, 3.63) is 0 Å². The summed E-state index contributed by atoms with van der Waals surface area (Å²) < 4.78 is 0. The summed E-state index contributed by atoms with van der Waals surface area (Å²) in [5, 5.41) is 26.8. The Morgan fingerprint density at radius 1 is 1.57 bits per heavy atom. The van der Waals surface area contributed by atoms with Crippen molar-refractivity contribution >= 4 is 5.84 Å². The van der Waals surface area contributed by atoms with E-state index in [4.69, 9.17) is 10.5 Å². The van der Waals surface area contributed by atoms with E-state index in [9.17, 15) is 5.11 Å². The molecule has 1 aliphatic heterocycles. The zero-order valence-corrected chi connectivity index (χ0v) is 8.95. The van der Waals surface area contributed by atoms with Crippen LogP contribution in [0.4, 0.5) is 0 Å².